The first kappa shape index (κ1) is 20.7. The summed E-state index contributed by atoms with van der Waals surface area (Å²) in [5, 5.41) is 4.29. The number of rotatable bonds is 5. The Morgan fingerprint density at radius 1 is 1.13 bits per heavy atom. The Morgan fingerprint density at radius 3 is 2.83 bits per heavy atom. The molecule has 2 aromatic carbocycles. The highest BCUT2D eigenvalue weighted by Crippen LogP contribution is 2.21. The number of hydrogen-bond acceptors (Lipinski definition) is 4. The summed E-state index contributed by atoms with van der Waals surface area (Å²) < 4.78 is 7.36. The number of nitrogens with one attached hydrogen (secondary N) is 1. The maximum absolute atomic E-state index is 12.9. The molecule has 0 spiro atoms. The SMILES string of the molecule is O=C(COc1ccc2nc3n(c(=O)c2c1)CCCCC3)NCc1ccc(Cl)cc1Cl. The average molecular weight is 446 g/mol. The molecule has 0 saturated carbocycles. The summed E-state index contributed by atoms with van der Waals surface area (Å²) in [6.45, 7) is 0.793. The van der Waals surface area contributed by atoms with Gasteiger partial charge < -0.3 is 10.1 Å². The zero-order chi connectivity index (χ0) is 21.1. The van der Waals surface area contributed by atoms with E-state index in [1.165, 1.54) is 0 Å². The summed E-state index contributed by atoms with van der Waals surface area (Å²) in [4.78, 5) is 29.7. The van der Waals surface area contributed by atoms with Crippen LogP contribution in [-0.2, 0) is 24.3 Å². The van der Waals surface area contributed by atoms with Gasteiger partial charge >= 0.3 is 0 Å². The topological polar surface area (TPSA) is 73.2 Å². The van der Waals surface area contributed by atoms with Crippen molar-refractivity contribution in [1.82, 2.24) is 14.9 Å². The van der Waals surface area contributed by atoms with Crippen molar-refractivity contribution in [2.24, 2.45) is 0 Å². The molecule has 8 heteroatoms. The lowest BCUT2D eigenvalue weighted by atomic mass is 10.2. The smallest absolute Gasteiger partial charge is 0.261 e. The molecule has 1 aliphatic rings. The molecule has 1 aliphatic heterocycles. The monoisotopic (exact) mass is 445 g/mol. The molecule has 30 heavy (non-hydrogen) atoms. The van der Waals surface area contributed by atoms with Gasteiger partial charge in [0.2, 0.25) is 0 Å². The van der Waals surface area contributed by atoms with Gasteiger partial charge in [-0.25, -0.2) is 4.98 Å². The lowest BCUT2D eigenvalue weighted by molar-refractivity contribution is -0.123. The highest BCUT2D eigenvalue weighted by molar-refractivity contribution is 6.35. The number of aryl methyl sites for hydroxylation is 1. The molecule has 1 amide bonds. The molecule has 2 heterocycles. The van der Waals surface area contributed by atoms with E-state index < -0.39 is 0 Å². The number of halogens is 2. The number of nitrogens with zero attached hydrogens (tertiary/aromatic N) is 2. The van der Waals surface area contributed by atoms with Gasteiger partial charge in [-0.2, -0.15) is 0 Å². The number of carbonyl (C=O) groups is 1. The van der Waals surface area contributed by atoms with Gasteiger partial charge in [0.05, 0.1) is 10.9 Å². The lowest BCUT2D eigenvalue weighted by Crippen LogP contribution is -2.28. The van der Waals surface area contributed by atoms with Gasteiger partial charge in [-0.3, -0.25) is 14.2 Å². The molecule has 1 aromatic heterocycles. The molecule has 4 rings (SSSR count). The van der Waals surface area contributed by atoms with Crippen LogP contribution in [0.3, 0.4) is 0 Å². The molecule has 0 saturated heterocycles. The second-order valence-corrected chi connectivity index (χ2v) is 8.12. The third kappa shape index (κ3) is 4.60. The fraction of sp³-hybridized carbons (Fsp3) is 0.318. The zero-order valence-corrected chi connectivity index (χ0v) is 17.8. The Bertz CT molecular complexity index is 1160. The molecule has 6 nitrogen and oxygen atoms in total. The lowest BCUT2D eigenvalue weighted by Gasteiger charge is -2.12. The first-order chi connectivity index (χ1) is 14.5. The molecule has 3 aromatic rings. The Balaban J connectivity index is 1.43. The quantitative estimate of drug-likeness (QED) is 0.640. The van der Waals surface area contributed by atoms with Crippen molar-refractivity contribution in [1.29, 1.82) is 0 Å². The maximum Gasteiger partial charge on any atom is 0.261 e. The fourth-order valence-corrected chi connectivity index (χ4v) is 4.02. The van der Waals surface area contributed by atoms with Crippen LogP contribution in [0, 0.1) is 0 Å². The summed E-state index contributed by atoms with van der Waals surface area (Å²) in [5.74, 6) is 1.01. The Labute approximate surface area is 183 Å². The minimum absolute atomic E-state index is 0.0517. The van der Waals surface area contributed by atoms with E-state index in [1.54, 1.807) is 41.0 Å². The normalized spacial score (nSPS) is 13.5. The van der Waals surface area contributed by atoms with Crippen LogP contribution < -0.4 is 15.6 Å². The second kappa shape index (κ2) is 9.06. The Kier molecular flexibility index (Phi) is 6.25. The highest BCUT2D eigenvalue weighted by atomic mass is 35.5. The van der Waals surface area contributed by atoms with E-state index in [1.807, 2.05) is 0 Å². The summed E-state index contributed by atoms with van der Waals surface area (Å²) >= 11 is 12.0. The fourth-order valence-electron chi connectivity index (χ4n) is 3.55. The molecule has 0 bridgehead atoms. The van der Waals surface area contributed by atoms with Crippen LogP contribution in [0.15, 0.2) is 41.2 Å². The van der Waals surface area contributed by atoms with Crippen molar-refractivity contribution in [3.05, 3.63) is 68.2 Å². The molecule has 156 valence electrons. The molecule has 0 unspecified atom stereocenters. The van der Waals surface area contributed by atoms with Crippen LogP contribution in [0.4, 0.5) is 0 Å². The van der Waals surface area contributed by atoms with Crippen molar-refractivity contribution in [2.45, 2.75) is 38.8 Å². The zero-order valence-electron chi connectivity index (χ0n) is 16.3. The average Bonchev–Trinajstić information content (AvgIpc) is 2.97. The predicted octanol–water partition coefficient (Wildman–Crippen LogP) is 4.12. The van der Waals surface area contributed by atoms with Crippen molar-refractivity contribution >= 4 is 40.0 Å². The molecular weight excluding hydrogens is 425 g/mol. The summed E-state index contributed by atoms with van der Waals surface area (Å²) in [5.41, 5.74) is 1.37. The summed E-state index contributed by atoms with van der Waals surface area (Å²) in [6, 6.07) is 10.3. The first-order valence-corrected chi connectivity index (χ1v) is 10.6. The van der Waals surface area contributed by atoms with Crippen LogP contribution in [0.1, 0.15) is 30.7 Å². The van der Waals surface area contributed by atoms with Crippen molar-refractivity contribution in [3.63, 3.8) is 0 Å². The van der Waals surface area contributed by atoms with Gasteiger partial charge in [0.1, 0.15) is 11.6 Å². The summed E-state index contributed by atoms with van der Waals surface area (Å²) in [6.07, 6.45) is 3.95. The van der Waals surface area contributed by atoms with Gasteiger partial charge in [-0.15, -0.1) is 0 Å². The molecule has 0 fully saturated rings. The van der Waals surface area contributed by atoms with E-state index in [2.05, 4.69) is 10.3 Å². The van der Waals surface area contributed by atoms with Crippen molar-refractivity contribution < 1.29 is 9.53 Å². The number of benzene rings is 2. The van der Waals surface area contributed by atoms with Crippen molar-refractivity contribution in [2.75, 3.05) is 6.61 Å². The molecule has 1 N–H and O–H groups in total. The molecule has 0 radical (unpaired) electrons. The standard InChI is InChI=1S/C22H21Cl2N3O3/c23-15-6-5-14(18(24)10-15)12-25-21(28)13-30-16-7-8-19-17(11-16)22(29)27-9-3-1-2-4-20(27)26-19/h5-8,10-11H,1-4,9,12-13H2,(H,25,28). The van der Waals surface area contributed by atoms with Crippen LogP contribution in [-0.4, -0.2) is 22.1 Å². The number of hydrogen-bond donors (Lipinski definition) is 1. The minimum atomic E-state index is -0.294. The summed E-state index contributed by atoms with van der Waals surface area (Å²) in [7, 11) is 0. The molecular formula is C22H21Cl2N3O3. The van der Waals surface area contributed by atoms with E-state index in [-0.39, 0.29) is 24.6 Å². The predicted molar refractivity (Wildman–Crippen MR) is 117 cm³/mol. The van der Waals surface area contributed by atoms with E-state index in [0.29, 0.717) is 33.2 Å². The van der Waals surface area contributed by atoms with Gasteiger partial charge in [0, 0.05) is 29.6 Å². The minimum Gasteiger partial charge on any atom is -0.484 e. The second-order valence-electron chi connectivity index (χ2n) is 7.28. The highest BCUT2D eigenvalue weighted by Gasteiger charge is 2.14. The van der Waals surface area contributed by atoms with Crippen LogP contribution in [0.5, 0.6) is 5.75 Å². The van der Waals surface area contributed by atoms with Crippen LogP contribution in [0.25, 0.3) is 10.9 Å². The van der Waals surface area contributed by atoms with Gasteiger partial charge in [0.15, 0.2) is 6.61 Å². The van der Waals surface area contributed by atoms with Gasteiger partial charge in [0.25, 0.3) is 11.5 Å². The molecule has 0 aliphatic carbocycles. The third-order valence-electron chi connectivity index (χ3n) is 5.15. The van der Waals surface area contributed by atoms with E-state index >= 15 is 0 Å². The maximum atomic E-state index is 12.9. The van der Waals surface area contributed by atoms with Gasteiger partial charge in [-0.05, 0) is 48.7 Å². The van der Waals surface area contributed by atoms with Crippen molar-refractivity contribution in [3.8, 4) is 5.75 Å². The first-order valence-electron chi connectivity index (χ1n) is 9.88. The van der Waals surface area contributed by atoms with Crippen LogP contribution >= 0.6 is 23.2 Å². The number of ether oxygens (including phenoxy) is 1. The Morgan fingerprint density at radius 2 is 2.00 bits per heavy atom. The van der Waals surface area contributed by atoms with E-state index in [0.717, 1.165) is 37.1 Å². The Hall–Kier alpha value is -2.57. The number of carbonyl (C=O) groups excluding carboxylic acids is 1. The largest absolute Gasteiger partial charge is 0.484 e. The van der Waals surface area contributed by atoms with E-state index in [4.69, 9.17) is 27.9 Å². The number of amides is 1. The van der Waals surface area contributed by atoms with E-state index in [9.17, 15) is 9.59 Å². The van der Waals surface area contributed by atoms with Gasteiger partial charge in [-0.1, -0.05) is 35.7 Å². The number of fused-ring (bicyclic) bond motifs is 2. The van der Waals surface area contributed by atoms with Crippen LogP contribution in [0.2, 0.25) is 10.0 Å². The molecule has 0 atom stereocenters. The third-order valence-corrected chi connectivity index (χ3v) is 5.73. The number of aromatic nitrogens is 2.